The predicted molar refractivity (Wildman–Crippen MR) is 34.3 cm³/mol. The number of aliphatic hydroxyl groups is 1. The molecule has 1 heterocycles. The third-order valence-electron chi connectivity index (χ3n) is 0.802. The standard InChI is InChI=1S/C6H7NO2/c8-6-4-7-2-1-3-9-5-6/h1-4,8H,5H2/b3-1-,6-4+,7-2-. The first-order valence-corrected chi connectivity index (χ1v) is 2.57. The van der Waals surface area contributed by atoms with Crippen molar-refractivity contribution in [2.75, 3.05) is 6.61 Å². The molecule has 0 aromatic rings. The van der Waals surface area contributed by atoms with Gasteiger partial charge in [-0.05, 0) is 6.08 Å². The zero-order chi connectivity index (χ0) is 6.53. The molecule has 9 heavy (non-hydrogen) atoms. The lowest BCUT2D eigenvalue weighted by molar-refractivity contribution is 0.222. The Morgan fingerprint density at radius 3 is 3.44 bits per heavy atom. The van der Waals surface area contributed by atoms with Gasteiger partial charge in [-0.15, -0.1) is 0 Å². The van der Waals surface area contributed by atoms with Crippen molar-refractivity contribution in [2.24, 2.45) is 4.99 Å². The number of ether oxygens (including phenoxy) is 1. The van der Waals surface area contributed by atoms with Gasteiger partial charge in [0.05, 0.1) is 12.5 Å². The van der Waals surface area contributed by atoms with Gasteiger partial charge in [0.15, 0.2) is 0 Å². The fourth-order valence-electron chi connectivity index (χ4n) is 0.440. The van der Waals surface area contributed by atoms with Crippen molar-refractivity contribution in [1.29, 1.82) is 0 Å². The van der Waals surface area contributed by atoms with Crippen molar-refractivity contribution >= 4 is 6.21 Å². The van der Waals surface area contributed by atoms with Crippen LogP contribution < -0.4 is 0 Å². The van der Waals surface area contributed by atoms with E-state index in [4.69, 9.17) is 9.84 Å². The molecule has 1 aliphatic rings. The van der Waals surface area contributed by atoms with Crippen LogP contribution in [0.3, 0.4) is 0 Å². The lowest BCUT2D eigenvalue weighted by atomic mass is 10.5. The van der Waals surface area contributed by atoms with E-state index in [0.717, 1.165) is 0 Å². The zero-order valence-electron chi connectivity index (χ0n) is 4.82. The van der Waals surface area contributed by atoms with E-state index in [0.29, 0.717) is 0 Å². The van der Waals surface area contributed by atoms with E-state index < -0.39 is 0 Å². The van der Waals surface area contributed by atoms with Crippen molar-refractivity contribution in [1.82, 2.24) is 0 Å². The average molecular weight is 125 g/mol. The monoisotopic (exact) mass is 125 g/mol. The minimum absolute atomic E-state index is 0.135. The molecule has 0 fully saturated rings. The summed E-state index contributed by atoms with van der Waals surface area (Å²) in [6, 6.07) is 0. The third-order valence-corrected chi connectivity index (χ3v) is 0.802. The Morgan fingerprint density at radius 1 is 1.67 bits per heavy atom. The highest BCUT2D eigenvalue weighted by molar-refractivity contribution is 5.71. The van der Waals surface area contributed by atoms with E-state index in [2.05, 4.69) is 4.99 Å². The molecule has 0 spiro atoms. The second kappa shape index (κ2) is 2.91. The van der Waals surface area contributed by atoms with Crippen LogP contribution in [-0.2, 0) is 4.74 Å². The van der Waals surface area contributed by atoms with Crippen molar-refractivity contribution in [3.63, 3.8) is 0 Å². The predicted octanol–water partition coefficient (Wildman–Crippen LogP) is 1.00. The van der Waals surface area contributed by atoms with E-state index >= 15 is 0 Å². The fourth-order valence-corrected chi connectivity index (χ4v) is 0.440. The number of aliphatic imine (C=N–C) groups is 1. The highest BCUT2D eigenvalue weighted by Gasteiger charge is 1.89. The average Bonchev–Trinajstić information content (AvgIpc) is 1.79. The highest BCUT2D eigenvalue weighted by Crippen LogP contribution is 1.92. The topological polar surface area (TPSA) is 41.8 Å². The molecular weight excluding hydrogens is 118 g/mol. The minimum atomic E-state index is 0.135. The number of nitrogens with zero attached hydrogens (tertiary/aromatic N) is 1. The Balaban J connectivity index is 2.62. The summed E-state index contributed by atoms with van der Waals surface area (Å²) in [5.41, 5.74) is 0. The summed E-state index contributed by atoms with van der Waals surface area (Å²) in [7, 11) is 0. The number of hydrogen-bond acceptors (Lipinski definition) is 3. The van der Waals surface area contributed by atoms with Gasteiger partial charge in [-0.2, -0.15) is 0 Å². The number of allylic oxidation sites excluding steroid dienone is 1. The lowest BCUT2D eigenvalue weighted by Crippen LogP contribution is -1.92. The number of rotatable bonds is 0. The minimum Gasteiger partial charge on any atom is -0.507 e. The van der Waals surface area contributed by atoms with E-state index in [-0.39, 0.29) is 12.4 Å². The Hall–Kier alpha value is -1.25. The summed E-state index contributed by atoms with van der Waals surface area (Å²) in [6.45, 7) is 0.202. The van der Waals surface area contributed by atoms with Gasteiger partial charge in [0.25, 0.3) is 0 Å². The zero-order valence-corrected chi connectivity index (χ0v) is 4.82. The number of aliphatic hydroxyl groups excluding tert-OH is 1. The molecule has 3 nitrogen and oxygen atoms in total. The Labute approximate surface area is 53.0 Å². The van der Waals surface area contributed by atoms with Crippen molar-refractivity contribution in [3.05, 3.63) is 24.3 Å². The molecule has 0 bridgehead atoms. The molecule has 0 aliphatic carbocycles. The van der Waals surface area contributed by atoms with Gasteiger partial charge >= 0.3 is 0 Å². The van der Waals surface area contributed by atoms with E-state index in [9.17, 15) is 0 Å². The summed E-state index contributed by atoms with van der Waals surface area (Å²) in [5, 5.41) is 8.80. The van der Waals surface area contributed by atoms with Gasteiger partial charge in [0.2, 0.25) is 0 Å². The molecule has 0 atom stereocenters. The first kappa shape index (κ1) is 5.88. The summed E-state index contributed by atoms with van der Waals surface area (Å²) in [5.74, 6) is 0.135. The molecule has 3 heteroatoms. The van der Waals surface area contributed by atoms with Gasteiger partial charge < -0.3 is 9.84 Å². The van der Waals surface area contributed by atoms with Gasteiger partial charge in [-0.1, -0.05) is 0 Å². The van der Waals surface area contributed by atoms with Crippen LogP contribution in [0.5, 0.6) is 0 Å². The van der Waals surface area contributed by atoms with Crippen molar-refractivity contribution in [3.8, 4) is 0 Å². The molecule has 1 aliphatic heterocycles. The summed E-state index contributed by atoms with van der Waals surface area (Å²) in [6.07, 6.45) is 6.02. The SMILES string of the molecule is O/C1=C/N=C\C=C/OC1. The summed E-state index contributed by atoms with van der Waals surface area (Å²) >= 11 is 0. The Morgan fingerprint density at radius 2 is 2.56 bits per heavy atom. The Kier molecular flexibility index (Phi) is 1.90. The van der Waals surface area contributed by atoms with Gasteiger partial charge in [0, 0.05) is 6.21 Å². The normalized spacial score (nSPS) is 30.4. The highest BCUT2D eigenvalue weighted by atomic mass is 16.5. The van der Waals surface area contributed by atoms with Crippen molar-refractivity contribution in [2.45, 2.75) is 0 Å². The quantitative estimate of drug-likeness (QED) is 0.524. The molecule has 1 N–H and O–H groups in total. The summed E-state index contributed by atoms with van der Waals surface area (Å²) < 4.78 is 4.80. The smallest absolute Gasteiger partial charge is 0.148 e. The fraction of sp³-hybridized carbons (Fsp3) is 0.167. The lowest BCUT2D eigenvalue weighted by Gasteiger charge is -1.98. The second-order valence-electron chi connectivity index (χ2n) is 1.56. The van der Waals surface area contributed by atoms with E-state index in [1.54, 1.807) is 6.08 Å². The maximum Gasteiger partial charge on any atom is 0.148 e. The van der Waals surface area contributed by atoms with E-state index in [1.807, 2.05) is 0 Å². The number of hydrogen-bond donors (Lipinski definition) is 1. The van der Waals surface area contributed by atoms with Crippen LogP contribution in [-0.4, -0.2) is 17.9 Å². The van der Waals surface area contributed by atoms with Gasteiger partial charge in [-0.25, -0.2) is 0 Å². The van der Waals surface area contributed by atoms with Crippen LogP contribution in [0.4, 0.5) is 0 Å². The Bertz CT molecular complexity index is 170. The molecule has 0 amide bonds. The molecular formula is C6H7NO2. The molecule has 0 aromatic carbocycles. The van der Waals surface area contributed by atoms with Crippen LogP contribution in [0.25, 0.3) is 0 Å². The molecule has 0 saturated carbocycles. The van der Waals surface area contributed by atoms with E-state index in [1.165, 1.54) is 18.7 Å². The third kappa shape index (κ3) is 1.99. The first-order chi connectivity index (χ1) is 4.39. The van der Waals surface area contributed by atoms with Crippen LogP contribution in [0.15, 0.2) is 29.3 Å². The molecule has 0 radical (unpaired) electrons. The van der Waals surface area contributed by atoms with Crippen LogP contribution >= 0.6 is 0 Å². The maximum atomic E-state index is 8.80. The van der Waals surface area contributed by atoms with Crippen molar-refractivity contribution < 1.29 is 9.84 Å². The van der Waals surface area contributed by atoms with Crippen LogP contribution in [0.2, 0.25) is 0 Å². The largest absolute Gasteiger partial charge is 0.507 e. The molecule has 1 rings (SSSR count). The maximum absolute atomic E-state index is 8.80. The molecule has 0 saturated heterocycles. The van der Waals surface area contributed by atoms with Crippen LogP contribution in [0.1, 0.15) is 0 Å². The summed E-state index contributed by atoms with van der Waals surface area (Å²) in [4.78, 5) is 3.71. The second-order valence-corrected chi connectivity index (χ2v) is 1.56. The molecule has 48 valence electrons. The molecule has 0 unspecified atom stereocenters. The van der Waals surface area contributed by atoms with Gasteiger partial charge in [0.1, 0.15) is 12.4 Å². The van der Waals surface area contributed by atoms with Crippen LogP contribution in [0, 0.1) is 0 Å². The van der Waals surface area contributed by atoms with Gasteiger partial charge in [-0.3, -0.25) is 4.99 Å². The first-order valence-electron chi connectivity index (χ1n) is 2.57. The molecule has 0 aromatic heterocycles.